The van der Waals surface area contributed by atoms with Gasteiger partial charge in [0.15, 0.2) is 5.82 Å². The average molecular weight is 426 g/mol. The molecule has 0 aliphatic rings. The van der Waals surface area contributed by atoms with Gasteiger partial charge in [-0.2, -0.15) is 0 Å². The first-order valence-electron chi connectivity index (χ1n) is 10.4. The lowest BCUT2D eigenvalue weighted by atomic mass is 10.2. The first kappa shape index (κ1) is 22.4. The van der Waals surface area contributed by atoms with E-state index >= 15 is 0 Å². The molecule has 166 valence electrons. The molecule has 1 unspecified atom stereocenters. The second-order valence-corrected chi connectivity index (χ2v) is 7.21. The first-order chi connectivity index (χ1) is 15.0. The Morgan fingerprint density at radius 3 is 2.61 bits per heavy atom. The fourth-order valence-corrected chi connectivity index (χ4v) is 3.47. The Balaban J connectivity index is 2.04. The Hall–Kier alpha value is -3.26. The molecule has 8 heteroatoms. The van der Waals surface area contributed by atoms with Crippen LogP contribution in [0.15, 0.2) is 47.3 Å². The van der Waals surface area contributed by atoms with Crippen molar-refractivity contribution in [1.82, 2.24) is 15.0 Å². The maximum Gasteiger partial charge on any atom is 0.280 e. The Morgan fingerprint density at radius 2 is 1.90 bits per heavy atom. The lowest BCUT2D eigenvalue weighted by Crippen LogP contribution is -2.39. The number of fused-ring (bicyclic) bond motifs is 1. The van der Waals surface area contributed by atoms with Crippen molar-refractivity contribution in [2.45, 2.75) is 19.9 Å². The number of benzene rings is 2. The van der Waals surface area contributed by atoms with E-state index in [1.807, 2.05) is 55.3 Å². The molecule has 0 spiro atoms. The maximum absolute atomic E-state index is 13.3. The summed E-state index contributed by atoms with van der Waals surface area (Å²) in [6.07, 6.45) is 0. The van der Waals surface area contributed by atoms with Crippen LogP contribution in [0.3, 0.4) is 0 Å². The number of likely N-dealkylation sites (N-methyl/N-ethyl adjacent to an activating group) is 1. The molecule has 1 atom stereocenters. The van der Waals surface area contributed by atoms with Gasteiger partial charge in [0.05, 0.1) is 36.9 Å². The van der Waals surface area contributed by atoms with Gasteiger partial charge in [0, 0.05) is 26.2 Å². The van der Waals surface area contributed by atoms with Crippen LogP contribution in [0.1, 0.15) is 25.7 Å². The second kappa shape index (κ2) is 10.2. The predicted molar refractivity (Wildman–Crippen MR) is 125 cm³/mol. The van der Waals surface area contributed by atoms with Gasteiger partial charge in [-0.05, 0) is 37.7 Å². The fraction of sp³-hybridized carbons (Fsp3) is 0.391. The molecule has 3 aromatic rings. The van der Waals surface area contributed by atoms with E-state index in [0.29, 0.717) is 34.8 Å². The highest BCUT2D eigenvalue weighted by atomic mass is 16.5. The minimum absolute atomic E-state index is 0.112. The SMILES string of the molecule is CCNCCNn1c(C(C)N(C)c2ccc(OC)cc2OC)nc2ccccc2c1=O. The van der Waals surface area contributed by atoms with E-state index in [-0.39, 0.29) is 11.6 Å². The predicted octanol–water partition coefficient (Wildman–Crippen LogP) is 2.76. The Morgan fingerprint density at radius 1 is 1.13 bits per heavy atom. The normalized spacial score (nSPS) is 11.9. The van der Waals surface area contributed by atoms with Crippen molar-refractivity contribution >= 4 is 16.6 Å². The van der Waals surface area contributed by atoms with Crippen LogP contribution in [0, 0.1) is 0 Å². The summed E-state index contributed by atoms with van der Waals surface area (Å²) in [6.45, 7) is 6.28. The van der Waals surface area contributed by atoms with E-state index in [9.17, 15) is 4.79 Å². The Bertz CT molecular complexity index is 1080. The van der Waals surface area contributed by atoms with Crippen LogP contribution in [0.2, 0.25) is 0 Å². The number of ether oxygens (including phenoxy) is 2. The fourth-order valence-electron chi connectivity index (χ4n) is 3.47. The number of rotatable bonds is 10. The van der Waals surface area contributed by atoms with Gasteiger partial charge in [0.2, 0.25) is 0 Å². The van der Waals surface area contributed by atoms with Gasteiger partial charge in [-0.1, -0.05) is 19.1 Å². The van der Waals surface area contributed by atoms with Crippen molar-refractivity contribution in [3.05, 3.63) is 58.6 Å². The minimum Gasteiger partial charge on any atom is -0.497 e. The van der Waals surface area contributed by atoms with E-state index in [4.69, 9.17) is 14.5 Å². The standard InChI is InChI=1S/C23H31N5O3/c1-6-24-13-14-25-28-22(26-19-10-8-7-9-18(19)23(28)29)16(2)27(3)20-12-11-17(30-4)15-21(20)31-5/h7-12,15-16,24-25H,6,13-14H2,1-5H3. The van der Waals surface area contributed by atoms with Crippen molar-refractivity contribution in [2.24, 2.45) is 0 Å². The highest BCUT2D eigenvalue weighted by Gasteiger charge is 2.22. The molecule has 0 aliphatic heterocycles. The molecule has 1 heterocycles. The number of aromatic nitrogens is 2. The van der Waals surface area contributed by atoms with Crippen LogP contribution < -0.4 is 30.7 Å². The molecule has 0 aliphatic carbocycles. The van der Waals surface area contributed by atoms with E-state index in [1.54, 1.807) is 25.0 Å². The molecular weight excluding hydrogens is 394 g/mol. The smallest absolute Gasteiger partial charge is 0.280 e. The molecule has 2 N–H and O–H groups in total. The van der Waals surface area contributed by atoms with Crippen LogP contribution in [-0.4, -0.2) is 50.6 Å². The minimum atomic E-state index is -0.216. The van der Waals surface area contributed by atoms with E-state index in [0.717, 1.165) is 18.8 Å². The number of nitrogens with zero attached hydrogens (tertiary/aromatic N) is 3. The van der Waals surface area contributed by atoms with Gasteiger partial charge in [0.25, 0.3) is 5.56 Å². The van der Waals surface area contributed by atoms with Crippen LogP contribution >= 0.6 is 0 Å². The Kier molecular flexibility index (Phi) is 7.36. The van der Waals surface area contributed by atoms with Crippen molar-refractivity contribution in [3.8, 4) is 11.5 Å². The molecule has 0 fully saturated rings. The summed E-state index contributed by atoms with van der Waals surface area (Å²) in [6, 6.07) is 12.9. The summed E-state index contributed by atoms with van der Waals surface area (Å²) in [5.74, 6) is 2.02. The number of anilines is 1. The summed E-state index contributed by atoms with van der Waals surface area (Å²) >= 11 is 0. The van der Waals surface area contributed by atoms with Gasteiger partial charge < -0.3 is 25.1 Å². The topological polar surface area (TPSA) is 80.7 Å². The largest absolute Gasteiger partial charge is 0.497 e. The van der Waals surface area contributed by atoms with Gasteiger partial charge >= 0.3 is 0 Å². The zero-order chi connectivity index (χ0) is 22.4. The van der Waals surface area contributed by atoms with Crippen molar-refractivity contribution in [3.63, 3.8) is 0 Å². The number of nitrogens with one attached hydrogen (secondary N) is 2. The van der Waals surface area contributed by atoms with Crippen molar-refractivity contribution in [2.75, 3.05) is 51.2 Å². The summed E-state index contributed by atoms with van der Waals surface area (Å²) < 4.78 is 12.5. The van der Waals surface area contributed by atoms with Gasteiger partial charge in [-0.25, -0.2) is 9.66 Å². The van der Waals surface area contributed by atoms with E-state index < -0.39 is 0 Å². The molecule has 31 heavy (non-hydrogen) atoms. The quantitative estimate of drug-likeness (QED) is 0.484. The molecule has 0 radical (unpaired) electrons. The van der Waals surface area contributed by atoms with Crippen LogP contribution in [-0.2, 0) is 0 Å². The summed E-state index contributed by atoms with van der Waals surface area (Å²) in [4.78, 5) is 20.1. The third-order valence-electron chi connectivity index (χ3n) is 5.34. The van der Waals surface area contributed by atoms with Crippen LogP contribution in [0.5, 0.6) is 11.5 Å². The molecule has 0 amide bonds. The monoisotopic (exact) mass is 425 g/mol. The highest BCUT2D eigenvalue weighted by molar-refractivity contribution is 5.77. The first-order valence-corrected chi connectivity index (χ1v) is 10.4. The van der Waals surface area contributed by atoms with Crippen molar-refractivity contribution in [1.29, 1.82) is 0 Å². The summed E-state index contributed by atoms with van der Waals surface area (Å²) in [7, 11) is 5.21. The highest BCUT2D eigenvalue weighted by Crippen LogP contribution is 2.35. The molecule has 1 aromatic heterocycles. The molecule has 0 saturated heterocycles. The third kappa shape index (κ3) is 4.74. The number of methoxy groups -OCH3 is 2. The maximum atomic E-state index is 13.3. The third-order valence-corrected chi connectivity index (χ3v) is 5.34. The lowest BCUT2D eigenvalue weighted by molar-refractivity contribution is 0.393. The number of hydrogen-bond acceptors (Lipinski definition) is 7. The number of hydrogen-bond donors (Lipinski definition) is 2. The van der Waals surface area contributed by atoms with Crippen LogP contribution in [0.4, 0.5) is 5.69 Å². The van der Waals surface area contributed by atoms with Gasteiger partial charge in [0.1, 0.15) is 11.5 Å². The zero-order valence-electron chi connectivity index (χ0n) is 18.8. The van der Waals surface area contributed by atoms with E-state index in [1.165, 1.54) is 0 Å². The van der Waals surface area contributed by atoms with Crippen molar-refractivity contribution < 1.29 is 9.47 Å². The molecule has 2 aromatic carbocycles. The van der Waals surface area contributed by atoms with E-state index in [2.05, 4.69) is 17.7 Å². The summed E-state index contributed by atoms with van der Waals surface area (Å²) in [5.41, 5.74) is 4.68. The Labute approximate surface area is 182 Å². The molecule has 3 rings (SSSR count). The number of para-hydroxylation sites is 1. The molecular formula is C23H31N5O3. The van der Waals surface area contributed by atoms with Crippen LogP contribution in [0.25, 0.3) is 10.9 Å². The van der Waals surface area contributed by atoms with Gasteiger partial charge in [-0.15, -0.1) is 0 Å². The molecule has 8 nitrogen and oxygen atoms in total. The molecule has 0 bridgehead atoms. The lowest BCUT2D eigenvalue weighted by Gasteiger charge is -2.30. The zero-order valence-corrected chi connectivity index (χ0v) is 18.8. The van der Waals surface area contributed by atoms with Gasteiger partial charge in [-0.3, -0.25) is 4.79 Å². The second-order valence-electron chi connectivity index (χ2n) is 7.21. The average Bonchev–Trinajstić information content (AvgIpc) is 2.81. The summed E-state index contributed by atoms with van der Waals surface area (Å²) in [5, 5.41) is 3.84. The molecule has 0 saturated carbocycles.